The lowest BCUT2D eigenvalue weighted by molar-refractivity contribution is 0.0625. The maximum Gasteiger partial charge on any atom is 0.0690 e. The Morgan fingerprint density at radius 1 is 1.50 bits per heavy atom. The first-order valence-electron chi connectivity index (χ1n) is 4.82. The topological polar surface area (TPSA) is 47.3 Å². The molecule has 1 N–H and O–H groups in total. The molecule has 0 bridgehead atoms. The summed E-state index contributed by atoms with van der Waals surface area (Å²) in [5.41, 5.74) is -0.199. The molecule has 0 saturated heterocycles. The van der Waals surface area contributed by atoms with Gasteiger partial charge in [0.25, 0.3) is 0 Å². The lowest BCUT2D eigenvalue weighted by Crippen LogP contribution is -2.36. The Balaban J connectivity index is 0.00000169. The van der Waals surface area contributed by atoms with Crippen molar-refractivity contribution in [1.82, 2.24) is 4.90 Å². The molecule has 1 unspecified atom stereocenters. The molecule has 1 saturated carbocycles. The number of likely N-dealkylation sites (N-methyl/N-ethyl adjacent to an activating group) is 1. The van der Waals surface area contributed by atoms with Crippen LogP contribution in [0.15, 0.2) is 0 Å². The van der Waals surface area contributed by atoms with Crippen molar-refractivity contribution in [2.75, 3.05) is 20.6 Å². The Bertz CT molecular complexity index is 209. The van der Waals surface area contributed by atoms with Crippen molar-refractivity contribution in [3.05, 3.63) is 0 Å². The molecule has 82 valence electrons. The maximum absolute atomic E-state index is 9.66. The van der Waals surface area contributed by atoms with E-state index in [0.29, 0.717) is 13.0 Å². The van der Waals surface area contributed by atoms with Crippen LogP contribution in [-0.2, 0) is 0 Å². The first-order chi connectivity index (χ1) is 6.08. The van der Waals surface area contributed by atoms with Gasteiger partial charge in [0.2, 0.25) is 0 Å². The third-order valence-corrected chi connectivity index (χ3v) is 2.75. The molecule has 1 atom stereocenters. The van der Waals surface area contributed by atoms with Crippen LogP contribution in [0, 0.1) is 16.7 Å². The number of nitriles is 1. The molecule has 1 fully saturated rings. The van der Waals surface area contributed by atoms with Crippen LogP contribution in [0.3, 0.4) is 0 Å². The summed E-state index contributed by atoms with van der Waals surface area (Å²) in [6.07, 6.45) is 3.36. The lowest BCUT2D eigenvalue weighted by atomic mass is 9.67. The van der Waals surface area contributed by atoms with E-state index in [2.05, 4.69) is 6.07 Å². The van der Waals surface area contributed by atoms with E-state index in [0.717, 1.165) is 19.3 Å². The molecule has 0 aromatic rings. The maximum atomic E-state index is 9.66. The number of hydrogen-bond acceptors (Lipinski definition) is 3. The van der Waals surface area contributed by atoms with Gasteiger partial charge in [-0.15, -0.1) is 12.4 Å². The average molecular weight is 219 g/mol. The number of aliphatic hydroxyl groups is 1. The van der Waals surface area contributed by atoms with E-state index >= 15 is 0 Å². The molecule has 14 heavy (non-hydrogen) atoms. The van der Waals surface area contributed by atoms with Gasteiger partial charge in [0.15, 0.2) is 0 Å². The van der Waals surface area contributed by atoms with Gasteiger partial charge in [0.1, 0.15) is 0 Å². The molecule has 1 rings (SSSR count). The number of nitrogens with zero attached hydrogens (tertiary/aromatic N) is 2. The second-order valence-corrected chi connectivity index (χ2v) is 4.37. The van der Waals surface area contributed by atoms with Crippen LogP contribution in [-0.4, -0.2) is 36.8 Å². The molecule has 1 aliphatic carbocycles. The third kappa shape index (κ3) is 3.45. The van der Waals surface area contributed by atoms with Gasteiger partial charge in [-0.25, -0.2) is 0 Å². The highest BCUT2D eigenvalue weighted by Crippen LogP contribution is 2.44. The molecule has 0 heterocycles. The summed E-state index contributed by atoms with van der Waals surface area (Å²) < 4.78 is 0. The van der Waals surface area contributed by atoms with E-state index in [4.69, 9.17) is 5.26 Å². The van der Waals surface area contributed by atoms with Crippen LogP contribution in [0.1, 0.15) is 25.7 Å². The van der Waals surface area contributed by atoms with E-state index in [1.807, 2.05) is 19.0 Å². The van der Waals surface area contributed by atoms with Crippen LogP contribution in [0.4, 0.5) is 0 Å². The van der Waals surface area contributed by atoms with Gasteiger partial charge in [-0.3, -0.25) is 0 Å². The second-order valence-electron chi connectivity index (χ2n) is 4.37. The van der Waals surface area contributed by atoms with E-state index in [1.54, 1.807) is 0 Å². The van der Waals surface area contributed by atoms with E-state index in [1.165, 1.54) is 0 Å². The second kappa shape index (κ2) is 5.55. The van der Waals surface area contributed by atoms with Crippen molar-refractivity contribution >= 4 is 12.4 Å². The highest BCUT2D eigenvalue weighted by molar-refractivity contribution is 5.85. The molecular weight excluding hydrogens is 200 g/mol. The Morgan fingerprint density at radius 3 is 2.36 bits per heavy atom. The Kier molecular flexibility index (Phi) is 5.43. The van der Waals surface area contributed by atoms with Gasteiger partial charge >= 0.3 is 0 Å². The first-order valence-corrected chi connectivity index (χ1v) is 4.82. The van der Waals surface area contributed by atoms with Gasteiger partial charge in [-0.2, -0.15) is 5.26 Å². The number of halogens is 1. The predicted molar refractivity (Wildman–Crippen MR) is 58.3 cm³/mol. The van der Waals surface area contributed by atoms with Crippen molar-refractivity contribution < 1.29 is 5.11 Å². The molecule has 0 aromatic carbocycles. The van der Waals surface area contributed by atoms with Crippen LogP contribution in [0.2, 0.25) is 0 Å². The Labute approximate surface area is 92.1 Å². The number of hydrogen-bond donors (Lipinski definition) is 1. The van der Waals surface area contributed by atoms with Gasteiger partial charge in [-0.05, 0) is 33.4 Å². The highest BCUT2D eigenvalue weighted by Gasteiger charge is 2.38. The summed E-state index contributed by atoms with van der Waals surface area (Å²) in [7, 11) is 3.87. The van der Waals surface area contributed by atoms with Gasteiger partial charge in [-0.1, -0.05) is 6.42 Å². The molecule has 0 amide bonds. The van der Waals surface area contributed by atoms with Crippen LogP contribution in [0.5, 0.6) is 0 Å². The van der Waals surface area contributed by atoms with Crippen molar-refractivity contribution in [2.24, 2.45) is 5.41 Å². The van der Waals surface area contributed by atoms with Gasteiger partial charge < -0.3 is 10.0 Å². The largest absolute Gasteiger partial charge is 0.392 e. The zero-order valence-corrected chi connectivity index (χ0v) is 9.68. The van der Waals surface area contributed by atoms with Crippen molar-refractivity contribution in [2.45, 2.75) is 31.8 Å². The molecule has 0 aliphatic heterocycles. The van der Waals surface area contributed by atoms with E-state index in [9.17, 15) is 5.11 Å². The minimum Gasteiger partial charge on any atom is -0.392 e. The Morgan fingerprint density at radius 2 is 2.07 bits per heavy atom. The average Bonchev–Trinajstić information content (AvgIpc) is 1.95. The molecule has 3 nitrogen and oxygen atoms in total. The minimum atomic E-state index is -0.352. The highest BCUT2D eigenvalue weighted by atomic mass is 35.5. The number of aliphatic hydroxyl groups excluding tert-OH is 1. The zero-order chi connectivity index (χ0) is 9.90. The summed E-state index contributed by atoms with van der Waals surface area (Å²) >= 11 is 0. The normalized spacial score (nSPS) is 20.5. The molecule has 0 spiro atoms. The summed E-state index contributed by atoms with van der Waals surface area (Å²) in [6, 6.07) is 2.34. The smallest absolute Gasteiger partial charge is 0.0690 e. The quantitative estimate of drug-likeness (QED) is 0.777. The molecular formula is C10H19ClN2O. The summed E-state index contributed by atoms with van der Waals surface area (Å²) in [6.45, 7) is 0.656. The third-order valence-electron chi connectivity index (χ3n) is 2.75. The lowest BCUT2D eigenvalue weighted by Gasteiger charge is -2.37. The first kappa shape index (κ1) is 13.7. The van der Waals surface area contributed by atoms with Crippen molar-refractivity contribution in [1.29, 1.82) is 5.26 Å². The molecule has 0 aromatic heterocycles. The summed E-state index contributed by atoms with van der Waals surface area (Å²) in [5.74, 6) is 0. The zero-order valence-electron chi connectivity index (χ0n) is 8.86. The molecule has 4 heteroatoms. The number of rotatable bonds is 4. The van der Waals surface area contributed by atoms with Crippen LogP contribution >= 0.6 is 12.4 Å². The fourth-order valence-electron chi connectivity index (χ4n) is 1.90. The monoisotopic (exact) mass is 218 g/mol. The minimum absolute atomic E-state index is 0. The van der Waals surface area contributed by atoms with E-state index < -0.39 is 0 Å². The fraction of sp³-hybridized carbons (Fsp3) is 0.900. The fourth-order valence-corrected chi connectivity index (χ4v) is 1.90. The standard InChI is InChI=1S/C10H18N2O.ClH/c1-12(2)7-9(13)6-10(8-11)4-3-5-10;/h9,13H,3-7H2,1-2H3;1H. The van der Waals surface area contributed by atoms with Gasteiger partial charge in [0.05, 0.1) is 17.6 Å². The van der Waals surface area contributed by atoms with Gasteiger partial charge in [0, 0.05) is 6.54 Å². The van der Waals surface area contributed by atoms with Crippen molar-refractivity contribution in [3.8, 4) is 6.07 Å². The van der Waals surface area contributed by atoms with Crippen LogP contribution < -0.4 is 0 Å². The summed E-state index contributed by atoms with van der Waals surface area (Å²) in [5, 5.41) is 18.6. The molecule has 1 aliphatic rings. The SMILES string of the molecule is CN(C)CC(O)CC1(C#N)CCC1.Cl. The molecule has 0 radical (unpaired) electrons. The van der Waals surface area contributed by atoms with Crippen molar-refractivity contribution in [3.63, 3.8) is 0 Å². The van der Waals surface area contributed by atoms with E-state index in [-0.39, 0.29) is 23.9 Å². The summed E-state index contributed by atoms with van der Waals surface area (Å²) in [4.78, 5) is 1.95. The van der Waals surface area contributed by atoms with Crippen LogP contribution in [0.25, 0.3) is 0 Å². The predicted octanol–water partition coefficient (Wildman–Crippen LogP) is 1.41. The Hall–Kier alpha value is -0.300.